The molecule has 1 amide bonds. The zero-order valence-electron chi connectivity index (χ0n) is 16.7. The maximum Gasteiger partial charge on any atom is 0.300 e. The van der Waals surface area contributed by atoms with Crippen molar-refractivity contribution in [2.75, 3.05) is 12.0 Å². The van der Waals surface area contributed by atoms with Crippen molar-refractivity contribution in [1.29, 1.82) is 0 Å². The van der Waals surface area contributed by atoms with Crippen molar-refractivity contribution in [2.45, 2.75) is 6.04 Å². The molecule has 1 fully saturated rings. The zero-order chi connectivity index (χ0) is 23.0. The number of rotatable bonds is 4. The topological polar surface area (TPSA) is 66.8 Å². The molecule has 5 nitrogen and oxygen atoms in total. The summed E-state index contributed by atoms with van der Waals surface area (Å²) in [6.45, 7) is 0. The summed E-state index contributed by atoms with van der Waals surface area (Å²) < 4.78 is 5.15. The predicted molar refractivity (Wildman–Crippen MR) is 126 cm³/mol. The highest BCUT2D eigenvalue weighted by atomic mass is 35.5. The fraction of sp³-hybridized carbons (Fsp3) is 0.0833. The Morgan fingerprint density at radius 3 is 2.19 bits per heavy atom. The maximum atomic E-state index is 13.1. The Bertz CT molecular complexity index is 1230. The summed E-state index contributed by atoms with van der Waals surface area (Å²) in [6.07, 6.45) is 0. The molecule has 4 rings (SSSR count). The van der Waals surface area contributed by atoms with Crippen LogP contribution in [0, 0.1) is 0 Å². The predicted octanol–water partition coefficient (Wildman–Crippen LogP) is 6.28. The molecule has 0 aliphatic carbocycles. The molecule has 3 aromatic rings. The lowest BCUT2D eigenvalue weighted by Gasteiger charge is -2.25. The van der Waals surface area contributed by atoms with Crippen molar-refractivity contribution in [3.63, 3.8) is 0 Å². The Balaban J connectivity index is 1.96. The van der Waals surface area contributed by atoms with Crippen molar-refractivity contribution >= 4 is 57.9 Å². The molecule has 1 heterocycles. The zero-order valence-corrected chi connectivity index (χ0v) is 18.9. The molecule has 1 atom stereocenters. The largest absolute Gasteiger partial charge is 0.507 e. The number of methoxy groups -OCH3 is 1. The summed E-state index contributed by atoms with van der Waals surface area (Å²) in [5.41, 5.74) is 1.17. The third-order valence-corrected chi connectivity index (χ3v) is 5.92. The molecule has 32 heavy (non-hydrogen) atoms. The number of ether oxygens (including phenoxy) is 1. The number of aliphatic hydroxyl groups is 1. The van der Waals surface area contributed by atoms with Gasteiger partial charge in [-0.2, -0.15) is 0 Å². The number of carbonyl (C=O) groups is 2. The first-order valence-electron chi connectivity index (χ1n) is 9.48. The third-order valence-electron chi connectivity index (χ3n) is 5.12. The monoisotopic (exact) mass is 487 g/mol. The van der Waals surface area contributed by atoms with Gasteiger partial charge >= 0.3 is 0 Å². The average molecular weight is 489 g/mol. The minimum absolute atomic E-state index is 0.0847. The SMILES string of the molecule is COc1c(Cl)cc(/C(O)=C2\C(=O)C(=O)N(c3cccc(Cl)c3)C2c2ccccc2)cc1Cl. The van der Waals surface area contributed by atoms with Gasteiger partial charge in [0.1, 0.15) is 5.76 Å². The van der Waals surface area contributed by atoms with Gasteiger partial charge in [-0.15, -0.1) is 0 Å². The van der Waals surface area contributed by atoms with Gasteiger partial charge in [-0.1, -0.05) is 71.2 Å². The van der Waals surface area contributed by atoms with Crippen LogP contribution in [0.15, 0.2) is 72.3 Å². The number of halogens is 3. The lowest BCUT2D eigenvalue weighted by Crippen LogP contribution is -2.29. The number of amides is 1. The molecule has 3 aromatic carbocycles. The standard InChI is InChI=1S/C24H16Cl3NO4/c1-32-23-17(26)10-14(11-18(23)27)21(29)19-20(13-6-3-2-4-7-13)28(24(31)22(19)30)16-9-5-8-15(25)12-16/h2-12,20,29H,1H3/b21-19+. The van der Waals surface area contributed by atoms with Gasteiger partial charge in [0.05, 0.1) is 28.8 Å². The van der Waals surface area contributed by atoms with Crippen LogP contribution < -0.4 is 9.64 Å². The lowest BCUT2D eigenvalue weighted by molar-refractivity contribution is -0.132. The van der Waals surface area contributed by atoms with E-state index in [1.54, 1.807) is 48.5 Å². The minimum atomic E-state index is -0.880. The second-order valence-electron chi connectivity index (χ2n) is 7.03. The van der Waals surface area contributed by atoms with Crippen LogP contribution >= 0.6 is 34.8 Å². The number of hydrogen-bond acceptors (Lipinski definition) is 4. The highest BCUT2D eigenvalue weighted by molar-refractivity contribution is 6.52. The number of benzene rings is 3. The van der Waals surface area contributed by atoms with Gasteiger partial charge in [-0.05, 0) is 35.9 Å². The van der Waals surface area contributed by atoms with Gasteiger partial charge < -0.3 is 9.84 Å². The first-order valence-corrected chi connectivity index (χ1v) is 10.6. The molecule has 1 N–H and O–H groups in total. The molecule has 0 bridgehead atoms. The van der Waals surface area contributed by atoms with Crippen LogP contribution in [0.3, 0.4) is 0 Å². The molecule has 0 spiro atoms. The second-order valence-corrected chi connectivity index (χ2v) is 8.28. The first-order chi connectivity index (χ1) is 15.3. The van der Waals surface area contributed by atoms with Crippen LogP contribution in [0.2, 0.25) is 15.1 Å². The number of carbonyl (C=O) groups excluding carboxylic acids is 2. The Kier molecular flexibility index (Phi) is 6.15. The minimum Gasteiger partial charge on any atom is -0.507 e. The van der Waals surface area contributed by atoms with Crippen molar-refractivity contribution in [1.82, 2.24) is 0 Å². The van der Waals surface area contributed by atoms with E-state index >= 15 is 0 Å². The van der Waals surface area contributed by atoms with Crippen molar-refractivity contribution in [3.05, 3.63) is 98.5 Å². The van der Waals surface area contributed by atoms with Gasteiger partial charge in [0.2, 0.25) is 0 Å². The summed E-state index contributed by atoms with van der Waals surface area (Å²) in [5, 5.41) is 11.9. The second kappa shape index (κ2) is 8.87. The molecular weight excluding hydrogens is 473 g/mol. The quantitative estimate of drug-likeness (QED) is 0.266. The van der Waals surface area contributed by atoms with Gasteiger partial charge in [0.25, 0.3) is 11.7 Å². The van der Waals surface area contributed by atoms with Crippen LogP contribution in [0.1, 0.15) is 17.2 Å². The van der Waals surface area contributed by atoms with E-state index in [1.165, 1.54) is 24.1 Å². The Morgan fingerprint density at radius 2 is 1.59 bits per heavy atom. The van der Waals surface area contributed by atoms with Crippen molar-refractivity contribution in [3.8, 4) is 5.75 Å². The molecule has 0 radical (unpaired) electrons. The Labute approximate surface area is 199 Å². The lowest BCUT2D eigenvalue weighted by atomic mass is 9.95. The van der Waals surface area contributed by atoms with Crippen molar-refractivity contribution in [2.24, 2.45) is 0 Å². The number of aliphatic hydroxyl groups excluding tert-OH is 1. The molecular formula is C24H16Cl3NO4. The van der Waals surface area contributed by atoms with Crippen LogP contribution in [0.25, 0.3) is 5.76 Å². The van der Waals surface area contributed by atoms with Crippen LogP contribution in [0.4, 0.5) is 5.69 Å². The number of hydrogen-bond donors (Lipinski definition) is 1. The van der Waals surface area contributed by atoms with E-state index in [0.29, 0.717) is 16.3 Å². The summed E-state index contributed by atoms with van der Waals surface area (Å²) in [6, 6.07) is 17.5. The molecule has 1 unspecified atom stereocenters. The van der Waals surface area contributed by atoms with Crippen molar-refractivity contribution < 1.29 is 19.4 Å². The highest BCUT2D eigenvalue weighted by Crippen LogP contribution is 2.44. The van der Waals surface area contributed by atoms with Crippen LogP contribution in [-0.4, -0.2) is 23.9 Å². The normalized spacial score (nSPS) is 17.6. The summed E-state index contributed by atoms with van der Waals surface area (Å²) >= 11 is 18.6. The number of Topliss-reactive ketones (excluding diaryl/α,β-unsaturated/α-hetero) is 1. The average Bonchev–Trinajstić information content (AvgIpc) is 3.04. The molecule has 0 saturated carbocycles. The van der Waals surface area contributed by atoms with Gasteiger partial charge in [0.15, 0.2) is 5.75 Å². The summed E-state index contributed by atoms with van der Waals surface area (Å²) in [5.74, 6) is -1.77. The fourth-order valence-electron chi connectivity index (χ4n) is 3.72. The van der Waals surface area contributed by atoms with E-state index in [1.807, 2.05) is 6.07 Å². The van der Waals surface area contributed by atoms with E-state index in [0.717, 1.165) is 0 Å². The molecule has 1 saturated heterocycles. The van der Waals surface area contributed by atoms with Crippen LogP contribution in [0.5, 0.6) is 5.75 Å². The van der Waals surface area contributed by atoms with E-state index in [2.05, 4.69) is 0 Å². The van der Waals surface area contributed by atoms with Gasteiger partial charge in [-0.25, -0.2) is 0 Å². The molecule has 162 valence electrons. The Hall–Kier alpha value is -2.99. The van der Waals surface area contributed by atoms with E-state index in [4.69, 9.17) is 39.5 Å². The van der Waals surface area contributed by atoms with Gasteiger partial charge in [0, 0.05) is 16.3 Å². The first kappa shape index (κ1) is 22.2. The smallest absolute Gasteiger partial charge is 0.300 e. The van der Waals surface area contributed by atoms with E-state index in [-0.39, 0.29) is 26.9 Å². The van der Waals surface area contributed by atoms with Gasteiger partial charge in [-0.3, -0.25) is 14.5 Å². The van der Waals surface area contributed by atoms with E-state index < -0.39 is 23.5 Å². The molecule has 0 aromatic heterocycles. The maximum absolute atomic E-state index is 13.1. The fourth-order valence-corrected chi connectivity index (χ4v) is 4.55. The third kappa shape index (κ3) is 3.84. The summed E-state index contributed by atoms with van der Waals surface area (Å²) in [7, 11) is 1.42. The molecule has 1 aliphatic heterocycles. The number of nitrogens with zero attached hydrogens (tertiary/aromatic N) is 1. The number of anilines is 1. The molecule has 1 aliphatic rings. The van der Waals surface area contributed by atoms with E-state index in [9.17, 15) is 14.7 Å². The Morgan fingerprint density at radius 1 is 0.938 bits per heavy atom. The highest BCUT2D eigenvalue weighted by Gasteiger charge is 2.47. The van der Waals surface area contributed by atoms with Crippen LogP contribution in [-0.2, 0) is 9.59 Å². The molecule has 8 heteroatoms. The summed E-state index contributed by atoms with van der Waals surface area (Å²) in [4.78, 5) is 27.6. The number of ketones is 1.